The minimum Gasteiger partial charge on any atom is -0.275 e. The zero-order valence-corrected chi connectivity index (χ0v) is 16.4. The lowest BCUT2D eigenvalue weighted by atomic mass is 10.1. The Morgan fingerprint density at radius 2 is 1.96 bits per heavy atom. The fourth-order valence-electron chi connectivity index (χ4n) is 3.10. The van der Waals surface area contributed by atoms with E-state index in [1.807, 2.05) is 18.5 Å². The fourth-order valence-corrected chi connectivity index (χ4v) is 3.90. The number of hydrogen-bond acceptors (Lipinski definition) is 6. The van der Waals surface area contributed by atoms with E-state index in [2.05, 4.69) is 44.4 Å². The Kier molecular flexibility index (Phi) is 4.25. The molecule has 4 aromatic heterocycles. The van der Waals surface area contributed by atoms with E-state index in [1.54, 1.807) is 6.07 Å². The van der Waals surface area contributed by atoms with E-state index in [9.17, 15) is 13.2 Å². The summed E-state index contributed by atoms with van der Waals surface area (Å²) in [7, 11) is 0. The molecule has 0 aliphatic rings. The predicted molar refractivity (Wildman–Crippen MR) is 96.9 cm³/mol. The van der Waals surface area contributed by atoms with E-state index >= 15 is 0 Å². The van der Waals surface area contributed by atoms with Crippen molar-refractivity contribution in [3.05, 3.63) is 23.3 Å². The lowest BCUT2D eigenvalue weighted by molar-refractivity contribution is -0.146. The highest BCUT2D eigenvalue weighted by Crippen LogP contribution is 2.33. The number of aryl methyl sites for hydroxylation is 1. The van der Waals surface area contributed by atoms with Gasteiger partial charge in [0.25, 0.3) is 5.82 Å². The first kappa shape index (κ1) is 18.6. The number of H-pyrrole nitrogens is 1. The smallest absolute Gasteiger partial charge is 0.275 e. The standard InChI is InChI=1S/C16H17F3N8S/c1-5-7(2)26-9(4)12(8(3)24-26)10-6-11(21-20-10)13-25-27-14(16(17,18)19)22-23-15(27)28-13/h6-7H,5H2,1-4H3,(H,20,21)/t7-/m1/s1. The summed E-state index contributed by atoms with van der Waals surface area (Å²) in [6.07, 6.45) is -3.68. The van der Waals surface area contributed by atoms with Crippen molar-refractivity contribution in [2.75, 3.05) is 0 Å². The molecule has 148 valence electrons. The Morgan fingerprint density at radius 1 is 1.21 bits per heavy atom. The molecule has 8 nitrogen and oxygen atoms in total. The maximum atomic E-state index is 13.0. The maximum absolute atomic E-state index is 13.0. The number of alkyl halides is 3. The number of halogens is 3. The molecule has 0 radical (unpaired) electrons. The Labute approximate surface area is 161 Å². The predicted octanol–water partition coefficient (Wildman–Crippen LogP) is 4.05. The van der Waals surface area contributed by atoms with Crippen molar-refractivity contribution < 1.29 is 13.2 Å². The quantitative estimate of drug-likeness (QED) is 0.548. The van der Waals surface area contributed by atoms with E-state index in [1.165, 1.54) is 0 Å². The normalized spacial score (nSPS) is 13.5. The molecule has 0 aliphatic carbocycles. The molecule has 4 heterocycles. The van der Waals surface area contributed by atoms with Crippen LogP contribution in [0.3, 0.4) is 0 Å². The molecule has 4 aromatic rings. The average Bonchev–Trinajstić information content (AvgIpc) is 3.35. The van der Waals surface area contributed by atoms with Crippen molar-refractivity contribution in [3.63, 3.8) is 0 Å². The summed E-state index contributed by atoms with van der Waals surface area (Å²) in [5.74, 6) is -1.15. The summed E-state index contributed by atoms with van der Waals surface area (Å²) >= 11 is 1.00. The van der Waals surface area contributed by atoms with Gasteiger partial charge in [-0.2, -0.15) is 33.0 Å². The number of nitrogens with zero attached hydrogens (tertiary/aromatic N) is 7. The van der Waals surface area contributed by atoms with Gasteiger partial charge in [0.15, 0.2) is 5.01 Å². The number of nitrogens with one attached hydrogen (secondary N) is 1. The molecular formula is C16H17F3N8S. The van der Waals surface area contributed by atoms with Crippen molar-refractivity contribution in [1.82, 2.24) is 39.8 Å². The third kappa shape index (κ3) is 2.87. The molecule has 12 heteroatoms. The van der Waals surface area contributed by atoms with Crippen molar-refractivity contribution in [2.45, 2.75) is 46.3 Å². The van der Waals surface area contributed by atoms with Crippen molar-refractivity contribution in [1.29, 1.82) is 0 Å². The lowest BCUT2D eigenvalue weighted by Gasteiger charge is -2.11. The fraction of sp³-hybridized carbons (Fsp3) is 0.438. The molecule has 0 aliphatic heterocycles. The molecule has 1 N–H and O–H groups in total. The van der Waals surface area contributed by atoms with E-state index in [0.717, 1.165) is 34.7 Å². The number of rotatable bonds is 4. The Bertz CT molecular complexity index is 1150. The van der Waals surface area contributed by atoms with Crippen LogP contribution in [0.25, 0.3) is 26.9 Å². The molecule has 1 atom stereocenters. The van der Waals surface area contributed by atoms with Crippen molar-refractivity contribution >= 4 is 16.3 Å². The second-order valence-corrected chi connectivity index (χ2v) is 7.49. The van der Waals surface area contributed by atoms with Gasteiger partial charge in [-0.25, -0.2) is 0 Å². The second-order valence-electron chi connectivity index (χ2n) is 6.54. The number of aromatic amines is 1. The molecule has 28 heavy (non-hydrogen) atoms. The topological polar surface area (TPSA) is 89.6 Å². The average molecular weight is 410 g/mol. The van der Waals surface area contributed by atoms with Gasteiger partial charge in [0, 0.05) is 17.3 Å². The number of fused-ring (bicyclic) bond motifs is 1. The van der Waals surface area contributed by atoms with Crippen LogP contribution in [0.15, 0.2) is 6.07 Å². The number of hydrogen-bond donors (Lipinski definition) is 1. The Balaban J connectivity index is 1.74. The third-order valence-electron chi connectivity index (χ3n) is 4.64. The lowest BCUT2D eigenvalue weighted by Crippen LogP contribution is -2.11. The summed E-state index contributed by atoms with van der Waals surface area (Å²) in [6, 6.07) is 2.02. The third-order valence-corrected chi connectivity index (χ3v) is 5.57. The molecule has 0 fully saturated rings. The molecule has 0 saturated carbocycles. The highest BCUT2D eigenvalue weighted by molar-refractivity contribution is 7.19. The molecular weight excluding hydrogens is 393 g/mol. The van der Waals surface area contributed by atoms with Crippen LogP contribution in [0.2, 0.25) is 0 Å². The zero-order chi connectivity index (χ0) is 20.2. The second kappa shape index (κ2) is 6.40. The largest absolute Gasteiger partial charge is 0.453 e. The van der Waals surface area contributed by atoms with E-state index in [0.29, 0.717) is 20.9 Å². The first-order valence-corrected chi connectivity index (χ1v) is 9.43. The van der Waals surface area contributed by atoms with Crippen LogP contribution in [0.1, 0.15) is 43.5 Å². The highest BCUT2D eigenvalue weighted by Gasteiger charge is 2.38. The molecule has 0 saturated heterocycles. The zero-order valence-electron chi connectivity index (χ0n) is 15.5. The number of aromatic nitrogens is 8. The molecule has 0 bridgehead atoms. The molecule has 4 rings (SSSR count). The van der Waals surface area contributed by atoms with Crippen molar-refractivity contribution in [2.24, 2.45) is 0 Å². The van der Waals surface area contributed by atoms with Gasteiger partial charge in [-0.15, -0.1) is 10.2 Å². The monoisotopic (exact) mass is 410 g/mol. The van der Waals surface area contributed by atoms with Crippen LogP contribution in [0, 0.1) is 13.8 Å². The SMILES string of the molecule is CC[C@@H](C)n1nc(C)c(-c2cc(-c3nn4c(C(F)(F)F)nnc4s3)[nH]n2)c1C. The highest BCUT2D eigenvalue weighted by atomic mass is 32.1. The van der Waals surface area contributed by atoms with Gasteiger partial charge in [0.05, 0.1) is 17.1 Å². The van der Waals surface area contributed by atoms with Crippen LogP contribution < -0.4 is 0 Å². The summed E-state index contributed by atoms with van der Waals surface area (Å²) in [5.41, 5.74) is 3.91. The minimum atomic E-state index is -4.62. The Morgan fingerprint density at radius 3 is 2.64 bits per heavy atom. The van der Waals surface area contributed by atoms with Crippen LogP contribution in [-0.2, 0) is 6.18 Å². The summed E-state index contributed by atoms with van der Waals surface area (Å²) in [5, 5.41) is 22.9. The summed E-state index contributed by atoms with van der Waals surface area (Å²) < 4.78 is 41.6. The van der Waals surface area contributed by atoms with E-state index in [-0.39, 0.29) is 11.0 Å². The van der Waals surface area contributed by atoms with Crippen LogP contribution in [0.4, 0.5) is 13.2 Å². The van der Waals surface area contributed by atoms with Gasteiger partial charge in [-0.3, -0.25) is 9.78 Å². The van der Waals surface area contributed by atoms with Crippen LogP contribution in [0.5, 0.6) is 0 Å². The van der Waals surface area contributed by atoms with Gasteiger partial charge < -0.3 is 0 Å². The van der Waals surface area contributed by atoms with E-state index in [4.69, 9.17) is 0 Å². The van der Waals surface area contributed by atoms with Crippen molar-refractivity contribution in [3.8, 4) is 22.0 Å². The molecule has 0 unspecified atom stereocenters. The first-order chi connectivity index (χ1) is 13.2. The van der Waals surface area contributed by atoms with Crippen LogP contribution >= 0.6 is 11.3 Å². The first-order valence-electron chi connectivity index (χ1n) is 8.62. The Hall–Kier alpha value is -2.76. The van der Waals surface area contributed by atoms with E-state index < -0.39 is 12.0 Å². The maximum Gasteiger partial charge on any atom is 0.453 e. The molecule has 0 spiro atoms. The molecule has 0 amide bonds. The van der Waals surface area contributed by atoms with Gasteiger partial charge in [0.2, 0.25) is 4.96 Å². The summed E-state index contributed by atoms with van der Waals surface area (Å²) in [6.45, 7) is 8.08. The molecule has 0 aromatic carbocycles. The summed E-state index contributed by atoms with van der Waals surface area (Å²) in [4.78, 5) is 0.0652. The van der Waals surface area contributed by atoms with Gasteiger partial charge >= 0.3 is 6.18 Å². The van der Waals surface area contributed by atoms with Gasteiger partial charge in [0.1, 0.15) is 0 Å². The minimum absolute atomic E-state index is 0.0652. The van der Waals surface area contributed by atoms with Gasteiger partial charge in [-0.05, 0) is 33.3 Å². The van der Waals surface area contributed by atoms with Crippen LogP contribution in [-0.4, -0.2) is 39.8 Å². The van der Waals surface area contributed by atoms with Gasteiger partial charge in [-0.1, -0.05) is 18.3 Å².